The van der Waals surface area contributed by atoms with Crippen LogP contribution in [-0.4, -0.2) is 41.0 Å². The Morgan fingerprint density at radius 2 is 1.90 bits per heavy atom. The Morgan fingerprint density at radius 1 is 1.07 bits per heavy atom. The van der Waals surface area contributed by atoms with E-state index in [9.17, 15) is 4.79 Å². The zero-order valence-corrected chi connectivity index (χ0v) is 16.3. The topological polar surface area (TPSA) is 58.4 Å². The van der Waals surface area contributed by atoms with Gasteiger partial charge in [-0.15, -0.1) is 0 Å². The predicted octanol–water partition coefficient (Wildman–Crippen LogP) is 3.78. The third-order valence-corrected chi connectivity index (χ3v) is 6.32. The van der Waals surface area contributed by atoms with Crippen LogP contribution in [0.2, 0.25) is 0 Å². The number of carbonyl (C=O) groups is 1. The lowest BCUT2D eigenvalue weighted by molar-refractivity contribution is 0.0131. The highest BCUT2D eigenvalue weighted by molar-refractivity contribution is 5.92. The summed E-state index contributed by atoms with van der Waals surface area (Å²) < 4.78 is 5.87. The van der Waals surface area contributed by atoms with Gasteiger partial charge in [-0.05, 0) is 62.0 Å². The van der Waals surface area contributed by atoms with Crippen LogP contribution in [0.5, 0.6) is 0 Å². The quantitative estimate of drug-likeness (QED) is 0.724. The molecule has 1 amide bonds. The van der Waals surface area contributed by atoms with Crippen LogP contribution < -0.4 is 5.32 Å². The normalized spacial score (nSPS) is 25.7. The fourth-order valence-corrected chi connectivity index (χ4v) is 4.82. The fourth-order valence-electron chi connectivity index (χ4n) is 4.82. The van der Waals surface area contributed by atoms with E-state index in [0.717, 1.165) is 43.7 Å². The summed E-state index contributed by atoms with van der Waals surface area (Å²) in [6, 6.07) is 18.0. The van der Waals surface area contributed by atoms with Gasteiger partial charge in [0, 0.05) is 30.0 Å². The Labute approximate surface area is 170 Å². The van der Waals surface area contributed by atoms with Crippen molar-refractivity contribution in [2.45, 2.75) is 31.3 Å². The van der Waals surface area contributed by atoms with Gasteiger partial charge < -0.3 is 9.73 Å². The summed E-state index contributed by atoms with van der Waals surface area (Å²) in [4.78, 5) is 19.8. The van der Waals surface area contributed by atoms with E-state index in [-0.39, 0.29) is 11.9 Å². The molecule has 0 saturated carbocycles. The molecule has 2 atom stereocenters. The number of piperidine rings is 3. The second-order valence-corrected chi connectivity index (χ2v) is 8.04. The van der Waals surface area contributed by atoms with E-state index in [1.165, 1.54) is 5.56 Å². The molecule has 2 aromatic heterocycles. The number of fused-ring (bicyclic) bond motifs is 3. The minimum atomic E-state index is -0.123. The van der Waals surface area contributed by atoms with Crippen molar-refractivity contribution in [3.05, 3.63) is 78.3 Å². The Kier molecular flexibility index (Phi) is 4.90. The average Bonchev–Trinajstić information content (AvgIpc) is 3.28. The summed E-state index contributed by atoms with van der Waals surface area (Å²) in [5.74, 6) is 1.49. The highest BCUT2D eigenvalue weighted by Crippen LogP contribution is 2.34. The molecule has 0 radical (unpaired) electrons. The van der Waals surface area contributed by atoms with Crippen molar-refractivity contribution < 1.29 is 9.21 Å². The first kappa shape index (κ1) is 18.1. The first-order valence-corrected chi connectivity index (χ1v) is 10.4. The van der Waals surface area contributed by atoms with Crippen LogP contribution in [-0.2, 0) is 6.42 Å². The number of carbonyl (C=O) groups excluding carboxylic acids is 1. The molecule has 0 unspecified atom stereocenters. The molecule has 0 spiro atoms. The molecule has 1 N–H and O–H groups in total. The standard InChI is InChI=1S/C24H25N3O2/c28-24(22-9-8-21(29-22)18-6-2-1-3-7-18)26-23-19-10-13-27(14-11-19)20(23)15-17-5-4-12-25-16-17/h1-9,12,16,19-20,23H,10-11,13-15H2,(H,26,28)/t20-,23+/m0/s1. The Hall–Kier alpha value is -2.92. The van der Waals surface area contributed by atoms with E-state index in [1.54, 1.807) is 12.3 Å². The maximum absolute atomic E-state index is 13.0. The molecule has 1 aromatic carbocycles. The molecule has 5 nitrogen and oxygen atoms in total. The minimum absolute atomic E-state index is 0.123. The number of pyridine rings is 1. The van der Waals surface area contributed by atoms with Crippen LogP contribution in [0, 0.1) is 5.92 Å². The van der Waals surface area contributed by atoms with Crippen LogP contribution in [0.4, 0.5) is 0 Å². The molecule has 148 valence electrons. The number of hydrogen-bond donors (Lipinski definition) is 1. The predicted molar refractivity (Wildman–Crippen MR) is 111 cm³/mol. The molecular formula is C24H25N3O2. The lowest BCUT2D eigenvalue weighted by Gasteiger charge is -2.51. The molecule has 2 bridgehead atoms. The molecule has 5 heterocycles. The van der Waals surface area contributed by atoms with Gasteiger partial charge in [0.2, 0.25) is 0 Å². The van der Waals surface area contributed by atoms with Gasteiger partial charge in [0.15, 0.2) is 5.76 Å². The maximum Gasteiger partial charge on any atom is 0.287 e. The first-order chi connectivity index (χ1) is 14.3. The number of aromatic nitrogens is 1. The smallest absolute Gasteiger partial charge is 0.287 e. The zero-order valence-electron chi connectivity index (χ0n) is 16.3. The van der Waals surface area contributed by atoms with E-state index in [0.29, 0.717) is 17.7 Å². The van der Waals surface area contributed by atoms with Crippen LogP contribution in [0.1, 0.15) is 29.0 Å². The molecule has 0 aliphatic carbocycles. The fraction of sp³-hybridized carbons (Fsp3) is 0.333. The van der Waals surface area contributed by atoms with Gasteiger partial charge in [-0.3, -0.25) is 14.7 Å². The highest BCUT2D eigenvalue weighted by atomic mass is 16.3. The maximum atomic E-state index is 13.0. The largest absolute Gasteiger partial charge is 0.451 e. The number of nitrogens with one attached hydrogen (secondary N) is 1. The van der Waals surface area contributed by atoms with Gasteiger partial charge in [0.1, 0.15) is 5.76 Å². The second-order valence-electron chi connectivity index (χ2n) is 8.04. The highest BCUT2D eigenvalue weighted by Gasteiger charge is 2.43. The summed E-state index contributed by atoms with van der Waals surface area (Å²) in [6.45, 7) is 2.22. The van der Waals surface area contributed by atoms with Gasteiger partial charge in [-0.2, -0.15) is 0 Å². The van der Waals surface area contributed by atoms with Gasteiger partial charge in [-0.1, -0.05) is 36.4 Å². The van der Waals surface area contributed by atoms with Crippen molar-refractivity contribution in [2.75, 3.05) is 13.1 Å². The second kappa shape index (κ2) is 7.84. The summed E-state index contributed by atoms with van der Waals surface area (Å²) >= 11 is 0. The zero-order chi connectivity index (χ0) is 19.6. The van der Waals surface area contributed by atoms with Crippen molar-refractivity contribution in [2.24, 2.45) is 5.92 Å². The monoisotopic (exact) mass is 387 g/mol. The van der Waals surface area contributed by atoms with Gasteiger partial charge in [-0.25, -0.2) is 0 Å². The van der Waals surface area contributed by atoms with Crippen molar-refractivity contribution >= 4 is 5.91 Å². The third kappa shape index (κ3) is 3.70. The summed E-state index contributed by atoms with van der Waals surface area (Å²) in [7, 11) is 0. The first-order valence-electron chi connectivity index (χ1n) is 10.4. The van der Waals surface area contributed by atoms with Gasteiger partial charge in [0.25, 0.3) is 5.91 Å². The van der Waals surface area contributed by atoms with Crippen LogP contribution >= 0.6 is 0 Å². The van der Waals surface area contributed by atoms with Crippen molar-refractivity contribution in [3.63, 3.8) is 0 Å². The molecule has 3 fully saturated rings. The van der Waals surface area contributed by atoms with Gasteiger partial charge in [0.05, 0.1) is 0 Å². The number of benzene rings is 1. The molecule has 6 rings (SSSR count). The summed E-state index contributed by atoms with van der Waals surface area (Å²) in [5.41, 5.74) is 2.19. The van der Waals surface area contributed by atoms with E-state index >= 15 is 0 Å². The van der Waals surface area contributed by atoms with Crippen molar-refractivity contribution in [3.8, 4) is 11.3 Å². The van der Waals surface area contributed by atoms with E-state index in [2.05, 4.69) is 21.3 Å². The SMILES string of the molecule is O=C(N[C@@H]1C2CCN(CC2)[C@H]1Cc1cccnc1)c1ccc(-c2ccccc2)o1. The molecule has 3 aliphatic heterocycles. The van der Waals surface area contributed by atoms with Gasteiger partial charge >= 0.3 is 0 Å². The number of amides is 1. The van der Waals surface area contributed by atoms with Crippen molar-refractivity contribution in [1.82, 2.24) is 15.2 Å². The number of rotatable bonds is 5. The molecule has 5 heteroatoms. The number of nitrogens with zero attached hydrogens (tertiary/aromatic N) is 2. The van der Waals surface area contributed by atoms with E-state index in [1.807, 2.05) is 48.7 Å². The molecular weight excluding hydrogens is 362 g/mol. The minimum Gasteiger partial charge on any atom is -0.451 e. The third-order valence-electron chi connectivity index (χ3n) is 6.32. The lowest BCUT2D eigenvalue weighted by atomic mass is 9.76. The van der Waals surface area contributed by atoms with Crippen LogP contribution in [0.3, 0.4) is 0 Å². The molecule has 29 heavy (non-hydrogen) atoms. The molecule has 3 aliphatic rings. The van der Waals surface area contributed by atoms with Crippen molar-refractivity contribution in [1.29, 1.82) is 0 Å². The Bertz CT molecular complexity index is 962. The van der Waals surface area contributed by atoms with Crippen LogP contribution in [0.15, 0.2) is 71.4 Å². The lowest BCUT2D eigenvalue weighted by Crippen LogP contribution is -2.64. The summed E-state index contributed by atoms with van der Waals surface area (Å²) in [5, 5.41) is 3.31. The Balaban J connectivity index is 1.34. The van der Waals surface area contributed by atoms with Crippen LogP contribution in [0.25, 0.3) is 11.3 Å². The number of hydrogen-bond acceptors (Lipinski definition) is 4. The Morgan fingerprint density at radius 3 is 2.66 bits per heavy atom. The van der Waals surface area contributed by atoms with E-state index < -0.39 is 0 Å². The molecule has 3 saturated heterocycles. The molecule has 3 aromatic rings. The van der Waals surface area contributed by atoms with E-state index in [4.69, 9.17) is 4.42 Å². The number of furan rings is 1. The average molecular weight is 387 g/mol. The summed E-state index contributed by atoms with van der Waals surface area (Å²) in [6.07, 6.45) is 6.92.